The van der Waals surface area contributed by atoms with E-state index in [-0.39, 0.29) is 11.7 Å². The van der Waals surface area contributed by atoms with Crippen molar-refractivity contribution in [3.63, 3.8) is 0 Å². The highest BCUT2D eigenvalue weighted by Gasteiger charge is 2.10. The van der Waals surface area contributed by atoms with Crippen molar-refractivity contribution < 1.29 is 13.9 Å². The Hall–Kier alpha value is -2.66. The molecule has 0 fully saturated rings. The SMILES string of the molecule is Cc1ccc(C)c(OCc2csc(C(=O)NCc3ccc(F)cc3)c2)c1. The second-order valence-electron chi connectivity index (χ2n) is 6.19. The van der Waals surface area contributed by atoms with Gasteiger partial charge in [-0.1, -0.05) is 24.3 Å². The van der Waals surface area contributed by atoms with Gasteiger partial charge in [-0.3, -0.25) is 4.79 Å². The average molecular weight is 369 g/mol. The number of thiophene rings is 1. The fourth-order valence-corrected chi connectivity index (χ4v) is 3.28. The van der Waals surface area contributed by atoms with Crippen molar-refractivity contribution >= 4 is 17.2 Å². The van der Waals surface area contributed by atoms with Crippen molar-refractivity contribution in [3.8, 4) is 5.75 Å². The van der Waals surface area contributed by atoms with Crippen molar-refractivity contribution in [3.05, 3.63) is 86.9 Å². The lowest BCUT2D eigenvalue weighted by molar-refractivity contribution is 0.0955. The van der Waals surface area contributed by atoms with Gasteiger partial charge in [0.15, 0.2) is 0 Å². The van der Waals surface area contributed by atoms with Crippen LogP contribution in [0.4, 0.5) is 4.39 Å². The summed E-state index contributed by atoms with van der Waals surface area (Å²) in [5.41, 5.74) is 4.05. The summed E-state index contributed by atoms with van der Waals surface area (Å²) in [5, 5.41) is 4.78. The Morgan fingerprint density at radius 2 is 1.85 bits per heavy atom. The van der Waals surface area contributed by atoms with Crippen molar-refractivity contribution in [1.29, 1.82) is 0 Å². The highest BCUT2D eigenvalue weighted by atomic mass is 32.1. The molecule has 0 aliphatic rings. The first kappa shape index (κ1) is 18.1. The number of hydrogen-bond donors (Lipinski definition) is 1. The van der Waals surface area contributed by atoms with Crippen LogP contribution in [0.3, 0.4) is 0 Å². The molecule has 0 atom stereocenters. The number of ether oxygens (including phenoxy) is 1. The van der Waals surface area contributed by atoms with Gasteiger partial charge < -0.3 is 10.1 Å². The molecular weight excluding hydrogens is 349 g/mol. The van der Waals surface area contributed by atoms with Gasteiger partial charge in [-0.25, -0.2) is 4.39 Å². The molecule has 2 aromatic carbocycles. The van der Waals surface area contributed by atoms with Crippen LogP contribution in [0.25, 0.3) is 0 Å². The minimum absolute atomic E-state index is 0.141. The van der Waals surface area contributed by atoms with E-state index in [2.05, 4.69) is 11.4 Å². The molecule has 1 heterocycles. The zero-order valence-electron chi connectivity index (χ0n) is 14.7. The first-order chi connectivity index (χ1) is 12.5. The Morgan fingerprint density at radius 1 is 1.08 bits per heavy atom. The van der Waals surface area contributed by atoms with Gasteiger partial charge in [-0.2, -0.15) is 0 Å². The molecule has 1 N–H and O–H groups in total. The number of nitrogens with one attached hydrogen (secondary N) is 1. The third kappa shape index (κ3) is 4.70. The van der Waals surface area contributed by atoms with E-state index in [1.165, 1.54) is 23.5 Å². The molecule has 0 aliphatic heterocycles. The molecule has 0 spiro atoms. The lowest BCUT2D eigenvalue weighted by Gasteiger charge is -2.09. The topological polar surface area (TPSA) is 38.3 Å². The maximum Gasteiger partial charge on any atom is 0.261 e. The maximum absolute atomic E-state index is 12.9. The van der Waals surface area contributed by atoms with Gasteiger partial charge in [0.2, 0.25) is 0 Å². The molecule has 26 heavy (non-hydrogen) atoms. The van der Waals surface area contributed by atoms with E-state index in [0.717, 1.165) is 28.0 Å². The van der Waals surface area contributed by atoms with E-state index in [9.17, 15) is 9.18 Å². The van der Waals surface area contributed by atoms with E-state index in [1.54, 1.807) is 12.1 Å². The van der Waals surface area contributed by atoms with Crippen LogP contribution in [0.15, 0.2) is 53.9 Å². The number of aryl methyl sites for hydroxylation is 2. The molecule has 1 amide bonds. The number of halogens is 1. The lowest BCUT2D eigenvalue weighted by atomic mass is 10.1. The second-order valence-corrected chi connectivity index (χ2v) is 7.10. The highest BCUT2D eigenvalue weighted by Crippen LogP contribution is 2.22. The fourth-order valence-electron chi connectivity index (χ4n) is 2.47. The summed E-state index contributed by atoms with van der Waals surface area (Å²) >= 11 is 1.39. The van der Waals surface area contributed by atoms with Crippen molar-refractivity contribution in [2.24, 2.45) is 0 Å². The summed E-state index contributed by atoms with van der Waals surface area (Å²) in [5.74, 6) is 0.433. The molecule has 3 rings (SSSR count). The van der Waals surface area contributed by atoms with Crippen LogP contribution in [0.2, 0.25) is 0 Å². The Labute approximate surface area is 156 Å². The summed E-state index contributed by atoms with van der Waals surface area (Å²) in [6, 6.07) is 14.0. The summed E-state index contributed by atoms with van der Waals surface area (Å²) in [6.45, 7) is 4.83. The summed E-state index contributed by atoms with van der Waals surface area (Å²) in [6.07, 6.45) is 0. The molecule has 0 unspecified atom stereocenters. The number of amides is 1. The smallest absolute Gasteiger partial charge is 0.261 e. The molecule has 3 nitrogen and oxygen atoms in total. The molecule has 0 saturated carbocycles. The molecule has 1 aromatic heterocycles. The molecule has 134 valence electrons. The van der Waals surface area contributed by atoms with Crippen LogP contribution in [-0.4, -0.2) is 5.91 Å². The van der Waals surface area contributed by atoms with Gasteiger partial charge in [0.25, 0.3) is 5.91 Å². The third-order valence-electron chi connectivity index (χ3n) is 3.98. The zero-order chi connectivity index (χ0) is 18.5. The van der Waals surface area contributed by atoms with Crippen LogP contribution in [-0.2, 0) is 13.2 Å². The highest BCUT2D eigenvalue weighted by molar-refractivity contribution is 7.12. The molecule has 3 aromatic rings. The Kier molecular flexibility index (Phi) is 5.68. The van der Waals surface area contributed by atoms with Crippen molar-refractivity contribution in [2.75, 3.05) is 0 Å². The monoisotopic (exact) mass is 369 g/mol. The molecule has 0 radical (unpaired) electrons. The quantitative estimate of drug-likeness (QED) is 0.663. The average Bonchev–Trinajstić information content (AvgIpc) is 3.11. The van der Waals surface area contributed by atoms with Crippen LogP contribution in [0.5, 0.6) is 5.75 Å². The van der Waals surface area contributed by atoms with Crippen LogP contribution in [0, 0.1) is 19.7 Å². The molecule has 5 heteroatoms. The predicted octanol–water partition coefficient (Wildman–Crippen LogP) is 5.01. The first-order valence-electron chi connectivity index (χ1n) is 8.31. The van der Waals surface area contributed by atoms with E-state index < -0.39 is 0 Å². The van der Waals surface area contributed by atoms with E-state index >= 15 is 0 Å². The number of hydrogen-bond acceptors (Lipinski definition) is 3. The van der Waals surface area contributed by atoms with E-state index in [0.29, 0.717) is 18.0 Å². The van der Waals surface area contributed by atoms with Crippen molar-refractivity contribution in [2.45, 2.75) is 27.0 Å². The van der Waals surface area contributed by atoms with Gasteiger partial charge in [-0.15, -0.1) is 11.3 Å². The summed E-state index contributed by atoms with van der Waals surface area (Å²) in [4.78, 5) is 12.9. The van der Waals surface area contributed by atoms with Crippen LogP contribution >= 0.6 is 11.3 Å². The number of rotatable bonds is 6. The molecule has 0 bridgehead atoms. The van der Waals surface area contributed by atoms with Crippen LogP contribution < -0.4 is 10.1 Å². The summed E-state index contributed by atoms with van der Waals surface area (Å²) < 4.78 is 18.8. The maximum atomic E-state index is 12.9. The third-order valence-corrected chi connectivity index (χ3v) is 4.96. The standard InChI is InChI=1S/C21H20FNO2S/c1-14-3-4-15(2)19(9-14)25-12-17-10-20(26-13-17)21(24)23-11-16-5-7-18(22)8-6-16/h3-10,13H,11-12H2,1-2H3,(H,23,24). The van der Waals surface area contributed by atoms with Gasteiger partial charge in [0.05, 0.1) is 4.88 Å². The van der Waals surface area contributed by atoms with Gasteiger partial charge >= 0.3 is 0 Å². The molecular formula is C21H20FNO2S. The number of carbonyl (C=O) groups is 1. The summed E-state index contributed by atoms with van der Waals surface area (Å²) in [7, 11) is 0. The minimum Gasteiger partial charge on any atom is -0.489 e. The second kappa shape index (κ2) is 8.15. The number of benzene rings is 2. The van der Waals surface area contributed by atoms with Gasteiger partial charge in [0.1, 0.15) is 18.2 Å². The largest absolute Gasteiger partial charge is 0.489 e. The normalized spacial score (nSPS) is 10.6. The Balaban J connectivity index is 1.55. The van der Waals surface area contributed by atoms with Gasteiger partial charge in [0, 0.05) is 12.1 Å². The zero-order valence-corrected chi connectivity index (χ0v) is 15.5. The Bertz CT molecular complexity index is 903. The first-order valence-corrected chi connectivity index (χ1v) is 9.19. The molecule has 0 aliphatic carbocycles. The van der Waals surface area contributed by atoms with Crippen molar-refractivity contribution in [1.82, 2.24) is 5.32 Å². The van der Waals surface area contributed by atoms with Crippen LogP contribution in [0.1, 0.15) is 31.9 Å². The predicted molar refractivity (Wildman–Crippen MR) is 102 cm³/mol. The number of carbonyl (C=O) groups excluding carboxylic acids is 1. The van der Waals surface area contributed by atoms with Gasteiger partial charge in [-0.05, 0) is 60.2 Å². The lowest BCUT2D eigenvalue weighted by Crippen LogP contribution is -2.21. The minimum atomic E-state index is -0.285. The van der Waals surface area contributed by atoms with E-state index in [1.807, 2.05) is 37.4 Å². The fraction of sp³-hybridized carbons (Fsp3) is 0.190. The Morgan fingerprint density at radius 3 is 2.62 bits per heavy atom. The molecule has 0 saturated heterocycles. The van der Waals surface area contributed by atoms with E-state index in [4.69, 9.17) is 4.74 Å².